The maximum Gasteiger partial charge on any atom is 0.240 e. The van der Waals surface area contributed by atoms with Crippen molar-refractivity contribution in [1.29, 1.82) is 0 Å². The maximum atomic E-state index is 12.5. The van der Waals surface area contributed by atoms with Crippen LogP contribution in [0.1, 0.15) is 39.7 Å². The fourth-order valence-corrected chi connectivity index (χ4v) is 3.83. The number of nitrogens with zero attached hydrogens (tertiary/aromatic N) is 4. The Morgan fingerprint density at radius 1 is 1.33 bits per heavy atom. The van der Waals surface area contributed by atoms with E-state index < -0.39 is 20.3 Å². The zero-order chi connectivity index (χ0) is 15.6. The van der Waals surface area contributed by atoms with E-state index in [1.54, 1.807) is 29.8 Å². The molecule has 1 amide bonds. The summed E-state index contributed by atoms with van der Waals surface area (Å²) in [5.41, 5.74) is 0. The zero-order valence-electron chi connectivity index (χ0n) is 12.6. The van der Waals surface area contributed by atoms with Crippen molar-refractivity contribution in [3.05, 3.63) is 12.7 Å². The van der Waals surface area contributed by atoms with E-state index in [1.807, 2.05) is 0 Å². The molecular weight excluding hydrogens is 292 g/mol. The molecule has 0 saturated carbocycles. The molecular formula is C13H22N4O3S. The van der Waals surface area contributed by atoms with Crippen molar-refractivity contribution >= 4 is 15.7 Å². The van der Waals surface area contributed by atoms with E-state index in [-0.39, 0.29) is 11.9 Å². The lowest BCUT2D eigenvalue weighted by molar-refractivity contribution is -0.132. The number of piperidine rings is 1. The van der Waals surface area contributed by atoms with Gasteiger partial charge >= 0.3 is 0 Å². The van der Waals surface area contributed by atoms with E-state index in [9.17, 15) is 13.2 Å². The van der Waals surface area contributed by atoms with Crippen molar-refractivity contribution in [2.45, 2.75) is 50.2 Å². The number of hydrogen-bond donors (Lipinski definition) is 0. The lowest BCUT2D eigenvalue weighted by atomic mass is 10.1. The number of sulfone groups is 1. The third-order valence-corrected chi connectivity index (χ3v) is 6.52. The monoisotopic (exact) mass is 314 g/mol. The van der Waals surface area contributed by atoms with Gasteiger partial charge in [-0.25, -0.2) is 18.1 Å². The molecule has 0 unspecified atom stereocenters. The van der Waals surface area contributed by atoms with Gasteiger partial charge in [0.15, 0.2) is 9.84 Å². The first kappa shape index (κ1) is 15.9. The number of carbonyl (C=O) groups excluding carboxylic acids is 1. The molecule has 0 spiro atoms. The maximum absolute atomic E-state index is 12.5. The minimum absolute atomic E-state index is 0.0687. The Bertz CT molecular complexity index is 583. The van der Waals surface area contributed by atoms with Crippen LogP contribution in [-0.2, 0) is 14.6 Å². The van der Waals surface area contributed by atoms with Gasteiger partial charge in [-0.2, -0.15) is 5.10 Å². The Morgan fingerprint density at radius 3 is 2.62 bits per heavy atom. The molecule has 1 aliphatic heterocycles. The van der Waals surface area contributed by atoms with Gasteiger partial charge in [0.1, 0.15) is 17.9 Å². The molecule has 2 rings (SSSR count). The van der Waals surface area contributed by atoms with E-state index in [2.05, 4.69) is 10.1 Å². The number of aromatic nitrogens is 3. The Kier molecular flexibility index (Phi) is 4.65. The zero-order valence-corrected chi connectivity index (χ0v) is 13.5. The molecule has 21 heavy (non-hydrogen) atoms. The predicted octanol–water partition coefficient (Wildman–Crippen LogP) is 0.653. The highest BCUT2D eigenvalue weighted by Gasteiger charge is 2.35. The van der Waals surface area contributed by atoms with Gasteiger partial charge in [0.25, 0.3) is 0 Å². The second-order valence-electron chi connectivity index (χ2n) is 5.74. The van der Waals surface area contributed by atoms with Gasteiger partial charge in [0, 0.05) is 13.1 Å². The van der Waals surface area contributed by atoms with Crippen LogP contribution in [0.4, 0.5) is 0 Å². The van der Waals surface area contributed by atoms with Crippen molar-refractivity contribution in [1.82, 2.24) is 19.7 Å². The standard InChI is InChI=1S/C13H22N4O3S/c1-10(2)21(19,20)11(3)13(18)16-6-4-5-12(7-16)17-9-14-8-15-17/h8-12H,4-7H2,1-3H3/t11-,12-/m0/s1. The summed E-state index contributed by atoms with van der Waals surface area (Å²) in [5, 5.41) is 2.56. The van der Waals surface area contributed by atoms with Gasteiger partial charge < -0.3 is 4.90 Å². The summed E-state index contributed by atoms with van der Waals surface area (Å²) >= 11 is 0. The number of carbonyl (C=O) groups is 1. The van der Waals surface area contributed by atoms with Crippen molar-refractivity contribution in [3.8, 4) is 0 Å². The number of hydrogen-bond acceptors (Lipinski definition) is 5. The first-order valence-corrected chi connectivity index (χ1v) is 8.80. The van der Waals surface area contributed by atoms with Crippen LogP contribution in [0.25, 0.3) is 0 Å². The van der Waals surface area contributed by atoms with Crippen molar-refractivity contribution in [3.63, 3.8) is 0 Å². The number of likely N-dealkylation sites (tertiary alicyclic amines) is 1. The second-order valence-corrected chi connectivity index (χ2v) is 8.56. The molecule has 1 aromatic rings. The molecule has 1 saturated heterocycles. The molecule has 2 atom stereocenters. The van der Waals surface area contributed by atoms with Crippen LogP contribution in [0.15, 0.2) is 12.7 Å². The summed E-state index contributed by atoms with van der Waals surface area (Å²) in [5.74, 6) is -0.312. The predicted molar refractivity (Wildman–Crippen MR) is 78.4 cm³/mol. The fourth-order valence-electron chi connectivity index (χ4n) is 2.58. The molecule has 0 bridgehead atoms. The summed E-state index contributed by atoms with van der Waals surface area (Å²) < 4.78 is 26.0. The first-order valence-electron chi connectivity index (χ1n) is 7.19. The Hall–Kier alpha value is -1.44. The van der Waals surface area contributed by atoms with Crippen molar-refractivity contribution < 1.29 is 13.2 Å². The topological polar surface area (TPSA) is 85.2 Å². The molecule has 7 nitrogen and oxygen atoms in total. The SMILES string of the molecule is CC(C)S(=O)(=O)[C@@H](C)C(=O)N1CCC[C@H](n2cncn2)C1. The van der Waals surface area contributed by atoms with Gasteiger partial charge in [-0.1, -0.05) is 0 Å². The van der Waals surface area contributed by atoms with Crippen LogP contribution in [-0.4, -0.2) is 57.6 Å². The van der Waals surface area contributed by atoms with Crippen molar-refractivity contribution in [2.75, 3.05) is 13.1 Å². The van der Waals surface area contributed by atoms with Crippen LogP contribution >= 0.6 is 0 Å². The summed E-state index contributed by atoms with van der Waals surface area (Å²) in [6.45, 7) is 5.78. The van der Waals surface area contributed by atoms with Crippen LogP contribution in [0.3, 0.4) is 0 Å². The molecule has 0 N–H and O–H groups in total. The molecule has 1 aromatic heterocycles. The van der Waals surface area contributed by atoms with Gasteiger partial charge in [-0.05, 0) is 33.6 Å². The largest absolute Gasteiger partial charge is 0.339 e. The lowest BCUT2D eigenvalue weighted by Crippen LogP contribution is -2.48. The minimum atomic E-state index is -3.42. The van der Waals surface area contributed by atoms with E-state index in [1.165, 1.54) is 13.3 Å². The van der Waals surface area contributed by atoms with E-state index >= 15 is 0 Å². The van der Waals surface area contributed by atoms with Crippen LogP contribution < -0.4 is 0 Å². The summed E-state index contributed by atoms with van der Waals surface area (Å²) in [7, 11) is -3.42. The number of amides is 1. The molecule has 0 aromatic carbocycles. The average Bonchev–Trinajstić information content (AvgIpc) is 2.99. The molecule has 2 heterocycles. The Balaban J connectivity index is 2.09. The van der Waals surface area contributed by atoms with Gasteiger partial charge in [-0.3, -0.25) is 4.79 Å². The quantitative estimate of drug-likeness (QED) is 0.815. The van der Waals surface area contributed by atoms with Gasteiger partial charge in [0.05, 0.1) is 11.3 Å². The van der Waals surface area contributed by atoms with Crippen LogP contribution in [0, 0.1) is 0 Å². The van der Waals surface area contributed by atoms with Gasteiger partial charge in [0.2, 0.25) is 5.91 Å². The normalized spacial score (nSPS) is 21.5. The lowest BCUT2D eigenvalue weighted by Gasteiger charge is -2.34. The summed E-state index contributed by atoms with van der Waals surface area (Å²) in [6.07, 6.45) is 4.85. The average molecular weight is 314 g/mol. The van der Waals surface area contributed by atoms with Crippen LogP contribution in [0.5, 0.6) is 0 Å². The molecule has 8 heteroatoms. The second kappa shape index (κ2) is 6.13. The first-order chi connectivity index (χ1) is 9.84. The van der Waals surface area contributed by atoms with E-state index in [0.717, 1.165) is 12.8 Å². The third kappa shape index (κ3) is 3.25. The minimum Gasteiger partial charge on any atom is -0.339 e. The van der Waals surface area contributed by atoms with Crippen LogP contribution in [0.2, 0.25) is 0 Å². The van der Waals surface area contributed by atoms with Gasteiger partial charge in [-0.15, -0.1) is 0 Å². The van der Waals surface area contributed by atoms with Crippen molar-refractivity contribution in [2.24, 2.45) is 0 Å². The van der Waals surface area contributed by atoms with E-state index in [4.69, 9.17) is 0 Å². The molecule has 118 valence electrons. The molecule has 1 fully saturated rings. The molecule has 0 aliphatic carbocycles. The highest BCUT2D eigenvalue weighted by molar-refractivity contribution is 7.93. The highest BCUT2D eigenvalue weighted by Crippen LogP contribution is 2.22. The molecule has 0 radical (unpaired) electrons. The fraction of sp³-hybridized carbons (Fsp3) is 0.769. The summed E-state index contributed by atoms with van der Waals surface area (Å²) in [4.78, 5) is 18.0. The molecule has 1 aliphatic rings. The number of rotatable bonds is 4. The summed E-state index contributed by atoms with van der Waals surface area (Å²) in [6, 6.07) is 0.0687. The van der Waals surface area contributed by atoms with E-state index in [0.29, 0.717) is 13.1 Å². The Morgan fingerprint density at radius 2 is 2.05 bits per heavy atom. The third-order valence-electron chi connectivity index (χ3n) is 4.02. The Labute approximate surface area is 125 Å². The highest BCUT2D eigenvalue weighted by atomic mass is 32.2. The smallest absolute Gasteiger partial charge is 0.240 e.